The van der Waals surface area contributed by atoms with Crippen molar-refractivity contribution in [2.45, 2.75) is 32.9 Å². The Morgan fingerprint density at radius 2 is 1.95 bits per heavy atom. The molecule has 0 aliphatic rings. The van der Waals surface area contributed by atoms with Crippen LogP contribution in [0.5, 0.6) is 0 Å². The fourth-order valence-electron chi connectivity index (χ4n) is 2.32. The van der Waals surface area contributed by atoms with E-state index in [1.54, 1.807) is 23.7 Å². The van der Waals surface area contributed by atoms with E-state index in [2.05, 4.69) is 17.3 Å². The van der Waals surface area contributed by atoms with Gasteiger partial charge in [0.1, 0.15) is 0 Å². The molecule has 1 aromatic heterocycles. The van der Waals surface area contributed by atoms with Crippen LogP contribution in [0.2, 0.25) is 0 Å². The summed E-state index contributed by atoms with van der Waals surface area (Å²) >= 11 is 0. The monoisotopic (exact) mass is 288 g/mol. The van der Waals surface area contributed by atoms with Crippen molar-refractivity contribution in [2.24, 2.45) is 7.05 Å². The molecule has 0 bridgehead atoms. The number of nitro groups is 1. The van der Waals surface area contributed by atoms with E-state index in [1.165, 1.54) is 0 Å². The van der Waals surface area contributed by atoms with Crippen LogP contribution in [0.3, 0.4) is 0 Å². The molecule has 0 saturated carbocycles. The molecule has 1 heterocycles. The Morgan fingerprint density at radius 1 is 1.29 bits per heavy atom. The van der Waals surface area contributed by atoms with Gasteiger partial charge >= 0.3 is 0 Å². The van der Waals surface area contributed by atoms with Crippen LogP contribution in [0.1, 0.15) is 42.6 Å². The standard InChI is InChI=1S/C15H20N4O2/c1-10-5-6-13(7-15(10)19(20)21)11(2)17-12(3)14-8-16-18(4)9-14/h5-9,11-12,17H,1-4H3/t11-,12+/m1/s1. The van der Waals surface area contributed by atoms with E-state index in [-0.39, 0.29) is 22.7 Å². The third-order valence-electron chi connectivity index (χ3n) is 3.65. The van der Waals surface area contributed by atoms with Gasteiger partial charge in [-0.25, -0.2) is 0 Å². The highest BCUT2D eigenvalue weighted by Crippen LogP contribution is 2.25. The van der Waals surface area contributed by atoms with Gasteiger partial charge in [-0.05, 0) is 26.3 Å². The minimum Gasteiger partial charge on any atom is -0.304 e. The van der Waals surface area contributed by atoms with Crippen molar-refractivity contribution in [1.82, 2.24) is 15.1 Å². The Hall–Kier alpha value is -2.21. The van der Waals surface area contributed by atoms with Gasteiger partial charge in [-0.2, -0.15) is 5.10 Å². The summed E-state index contributed by atoms with van der Waals surface area (Å²) in [5, 5.41) is 18.6. The summed E-state index contributed by atoms with van der Waals surface area (Å²) in [5.74, 6) is 0. The molecule has 0 saturated heterocycles. The summed E-state index contributed by atoms with van der Waals surface area (Å²) in [6.45, 7) is 5.80. The van der Waals surface area contributed by atoms with Crippen LogP contribution in [0.25, 0.3) is 0 Å². The third kappa shape index (κ3) is 3.46. The average Bonchev–Trinajstić information content (AvgIpc) is 2.85. The molecule has 2 atom stereocenters. The van der Waals surface area contributed by atoms with E-state index in [4.69, 9.17) is 0 Å². The molecular formula is C15H20N4O2. The van der Waals surface area contributed by atoms with Crippen molar-refractivity contribution >= 4 is 5.69 Å². The van der Waals surface area contributed by atoms with Crippen molar-refractivity contribution in [3.8, 4) is 0 Å². The molecule has 0 radical (unpaired) electrons. The predicted octanol–water partition coefficient (Wildman–Crippen LogP) is 3.05. The van der Waals surface area contributed by atoms with Gasteiger partial charge in [0.2, 0.25) is 0 Å². The first kappa shape index (κ1) is 15.2. The lowest BCUT2D eigenvalue weighted by Gasteiger charge is -2.19. The smallest absolute Gasteiger partial charge is 0.272 e. The largest absolute Gasteiger partial charge is 0.304 e. The first-order valence-corrected chi connectivity index (χ1v) is 6.88. The summed E-state index contributed by atoms with van der Waals surface area (Å²) in [6.07, 6.45) is 3.78. The van der Waals surface area contributed by atoms with Gasteiger partial charge in [-0.3, -0.25) is 14.8 Å². The number of rotatable bonds is 5. The summed E-state index contributed by atoms with van der Waals surface area (Å²) in [4.78, 5) is 10.7. The molecule has 1 N–H and O–H groups in total. The topological polar surface area (TPSA) is 73.0 Å². The number of nitrogens with one attached hydrogen (secondary N) is 1. The number of hydrogen-bond donors (Lipinski definition) is 1. The zero-order valence-corrected chi connectivity index (χ0v) is 12.7. The third-order valence-corrected chi connectivity index (χ3v) is 3.65. The lowest BCUT2D eigenvalue weighted by molar-refractivity contribution is -0.385. The summed E-state index contributed by atoms with van der Waals surface area (Å²) < 4.78 is 1.76. The Morgan fingerprint density at radius 3 is 2.52 bits per heavy atom. The number of aryl methyl sites for hydroxylation is 2. The molecule has 21 heavy (non-hydrogen) atoms. The van der Waals surface area contributed by atoms with E-state index >= 15 is 0 Å². The fraction of sp³-hybridized carbons (Fsp3) is 0.400. The van der Waals surface area contributed by atoms with E-state index in [0.29, 0.717) is 5.56 Å². The number of benzene rings is 1. The first-order valence-electron chi connectivity index (χ1n) is 6.88. The second kappa shape index (κ2) is 6.05. The molecule has 1 aromatic carbocycles. The molecule has 0 unspecified atom stereocenters. The van der Waals surface area contributed by atoms with Gasteiger partial charge in [0.05, 0.1) is 11.1 Å². The number of nitrogens with zero attached hydrogens (tertiary/aromatic N) is 3. The highest BCUT2D eigenvalue weighted by molar-refractivity contribution is 5.43. The van der Waals surface area contributed by atoms with Gasteiger partial charge < -0.3 is 5.32 Å². The molecule has 0 amide bonds. The molecule has 6 nitrogen and oxygen atoms in total. The van der Waals surface area contributed by atoms with E-state index in [0.717, 1.165) is 11.1 Å². The quantitative estimate of drug-likeness (QED) is 0.678. The van der Waals surface area contributed by atoms with Crippen LogP contribution in [0, 0.1) is 17.0 Å². The van der Waals surface area contributed by atoms with Crippen LogP contribution in [0.15, 0.2) is 30.6 Å². The maximum absolute atomic E-state index is 11.0. The second-order valence-electron chi connectivity index (χ2n) is 5.36. The predicted molar refractivity (Wildman–Crippen MR) is 81.0 cm³/mol. The maximum Gasteiger partial charge on any atom is 0.272 e. The molecule has 0 aliphatic carbocycles. The van der Waals surface area contributed by atoms with Crippen molar-refractivity contribution in [2.75, 3.05) is 0 Å². The van der Waals surface area contributed by atoms with E-state index < -0.39 is 0 Å². The van der Waals surface area contributed by atoms with Crippen LogP contribution in [-0.2, 0) is 7.05 Å². The van der Waals surface area contributed by atoms with Gasteiger partial charge in [0.15, 0.2) is 0 Å². The Labute approximate surface area is 123 Å². The lowest BCUT2D eigenvalue weighted by Crippen LogP contribution is -2.22. The molecule has 2 aromatic rings. The van der Waals surface area contributed by atoms with Crippen LogP contribution >= 0.6 is 0 Å². The van der Waals surface area contributed by atoms with Gasteiger partial charge in [0, 0.05) is 42.5 Å². The SMILES string of the molecule is Cc1ccc([C@@H](C)N[C@@H](C)c2cnn(C)c2)cc1[N+](=O)[O-]. The molecule has 0 fully saturated rings. The zero-order chi connectivity index (χ0) is 15.6. The maximum atomic E-state index is 11.0. The zero-order valence-electron chi connectivity index (χ0n) is 12.7. The molecule has 112 valence electrons. The Kier molecular flexibility index (Phi) is 4.37. The molecule has 6 heteroatoms. The van der Waals surface area contributed by atoms with Crippen LogP contribution in [0.4, 0.5) is 5.69 Å². The normalized spacial score (nSPS) is 13.9. The Balaban J connectivity index is 2.15. The number of aromatic nitrogens is 2. The van der Waals surface area contributed by atoms with E-state index in [1.807, 2.05) is 32.4 Å². The van der Waals surface area contributed by atoms with Crippen molar-refractivity contribution < 1.29 is 4.92 Å². The highest BCUT2D eigenvalue weighted by atomic mass is 16.6. The highest BCUT2D eigenvalue weighted by Gasteiger charge is 2.16. The second-order valence-corrected chi connectivity index (χ2v) is 5.36. The fourth-order valence-corrected chi connectivity index (χ4v) is 2.32. The summed E-state index contributed by atoms with van der Waals surface area (Å²) in [7, 11) is 1.88. The van der Waals surface area contributed by atoms with Crippen molar-refractivity contribution in [3.05, 3.63) is 57.4 Å². The molecule has 2 rings (SSSR count). The van der Waals surface area contributed by atoms with Crippen molar-refractivity contribution in [3.63, 3.8) is 0 Å². The Bertz CT molecular complexity index is 651. The lowest BCUT2D eigenvalue weighted by atomic mass is 10.0. The summed E-state index contributed by atoms with van der Waals surface area (Å²) in [6, 6.07) is 5.49. The number of nitro benzene ring substituents is 1. The first-order chi connectivity index (χ1) is 9.88. The number of hydrogen-bond acceptors (Lipinski definition) is 4. The summed E-state index contributed by atoms with van der Waals surface area (Å²) in [5.41, 5.74) is 2.83. The minimum absolute atomic E-state index is 0.0134. The van der Waals surface area contributed by atoms with Gasteiger partial charge in [-0.15, -0.1) is 0 Å². The molecular weight excluding hydrogens is 268 g/mol. The molecule has 0 aliphatic heterocycles. The van der Waals surface area contributed by atoms with Crippen LogP contribution < -0.4 is 5.32 Å². The average molecular weight is 288 g/mol. The van der Waals surface area contributed by atoms with Gasteiger partial charge in [0.25, 0.3) is 5.69 Å². The van der Waals surface area contributed by atoms with Crippen LogP contribution in [-0.4, -0.2) is 14.7 Å². The minimum atomic E-state index is -0.337. The van der Waals surface area contributed by atoms with Crippen molar-refractivity contribution in [1.29, 1.82) is 0 Å². The molecule has 0 spiro atoms. The van der Waals surface area contributed by atoms with Gasteiger partial charge in [-0.1, -0.05) is 12.1 Å². The van der Waals surface area contributed by atoms with E-state index in [9.17, 15) is 10.1 Å².